The highest BCUT2D eigenvalue weighted by molar-refractivity contribution is 5.82. The van der Waals surface area contributed by atoms with Gasteiger partial charge >= 0.3 is 12.0 Å². The monoisotopic (exact) mass is 230 g/mol. The van der Waals surface area contributed by atoms with Crippen LogP contribution in [0.1, 0.15) is 26.2 Å². The average molecular weight is 230 g/mol. The van der Waals surface area contributed by atoms with E-state index in [1.54, 1.807) is 0 Å². The highest BCUT2D eigenvalue weighted by Gasteiger charge is 2.24. The maximum Gasteiger partial charge on any atom is 0.328 e. The number of nitrogens with one attached hydrogen (secondary N) is 2. The van der Waals surface area contributed by atoms with Gasteiger partial charge in [0.25, 0.3) is 0 Å². The molecule has 4 N–H and O–H groups in total. The summed E-state index contributed by atoms with van der Waals surface area (Å²) >= 11 is 0. The molecule has 0 radical (unpaired) electrons. The van der Waals surface area contributed by atoms with Crippen LogP contribution in [-0.4, -0.2) is 40.9 Å². The van der Waals surface area contributed by atoms with Crippen molar-refractivity contribution in [3.8, 4) is 0 Å². The highest BCUT2D eigenvalue weighted by atomic mass is 16.4. The molecule has 3 atom stereocenters. The Balaban J connectivity index is 2.32. The molecule has 0 aromatic heterocycles. The van der Waals surface area contributed by atoms with E-state index in [0.29, 0.717) is 5.92 Å². The maximum absolute atomic E-state index is 11.4. The highest BCUT2D eigenvalue weighted by Crippen LogP contribution is 2.24. The zero-order valence-electron chi connectivity index (χ0n) is 9.27. The number of carboxylic acids is 1. The van der Waals surface area contributed by atoms with E-state index in [2.05, 4.69) is 17.6 Å². The molecule has 0 heterocycles. The van der Waals surface area contributed by atoms with Crippen LogP contribution in [0.3, 0.4) is 0 Å². The van der Waals surface area contributed by atoms with Crippen molar-refractivity contribution in [1.29, 1.82) is 0 Å². The minimum absolute atomic E-state index is 0.114. The first-order chi connectivity index (χ1) is 7.52. The minimum atomic E-state index is -1.24. The molecule has 1 aliphatic carbocycles. The summed E-state index contributed by atoms with van der Waals surface area (Å²) in [6.07, 6.45) is 2.92. The summed E-state index contributed by atoms with van der Waals surface area (Å²) in [7, 11) is 0. The van der Waals surface area contributed by atoms with Gasteiger partial charge in [0.1, 0.15) is 0 Å². The molecule has 1 fully saturated rings. The van der Waals surface area contributed by atoms with Crippen molar-refractivity contribution in [2.24, 2.45) is 5.92 Å². The van der Waals surface area contributed by atoms with E-state index in [-0.39, 0.29) is 6.04 Å². The van der Waals surface area contributed by atoms with Crippen molar-refractivity contribution < 1.29 is 19.8 Å². The smallest absolute Gasteiger partial charge is 0.328 e. The standard InChI is InChI=1S/C10H18N2O4/c1-6-2-3-7(4-6)11-10(16)12-8(5-13)9(14)15/h6-8,13H,2-5H2,1H3,(H,14,15)(H2,11,12,16). The first kappa shape index (κ1) is 12.8. The summed E-state index contributed by atoms with van der Waals surface area (Å²) in [5.41, 5.74) is 0. The lowest BCUT2D eigenvalue weighted by Gasteiger charge is -2.16. The normalized spacial score (nSPS) is 26.1. The number of hydrogen-bond acceptors (Lipinski definition) is 3. The van der Waals surface area contributed by atoms with Gasteiger partial charge in [0.05, 0.1) is 6.61 Å². The third-order valence-electron chi connectivity index (χ3n) is 2.82. The Hall–Kier alpha value is -1.30. The molecule has 3 unspecified atom stereocenters. The van der Waals surface area contributed by atoms with Crippen LogP contribution in [-0.2, 0) is 4.79 Å². The SMILES string of the molecule is CC1CCC(NC(=O)NC(CO)C(=O)O)C1. The number of aliphatic hydroxyl groups excluding tert-OH is 1. The van der Waals surface area contributed by atoms with Crippen molar-refractivity contribution in [2.75, 3.05) is 6.61 Å². The Labute approximate surface area is 94.0 Å². The fourth-order valence-corrected chi connectivity index (χ4v) is 1.91. The van der Waals surface area contributed by atoms with E-state index < -0.39 is 24.6 Å². The van der Waals surface area contributed by atoms with Gasteiger partial charge in [-0.05, 0) is 25.2 Å². The van der Waals surface area contributed by atoms with Gasteiger partial charge in [-0.1, -0.05) is 6.92 Å². The van der Waals surface area contributed by atoms with Gasteiger partial charge in [-0.2, -0.15) is 0 Å². The van der Waals surface area contributed by atoms with Crippen molar-refractivity contribution in [2.45, 2.75) is 38.3 Å². The average Bonchev–Trinajstić information content (AvgIpc) is 2.60. The van der Waals surface area contributed by atoms with E-state index >= 15 is 0 Å². The number of carbonyl (C=O) groups excluding carboxylic acids is 1. The first-order valence-electron chi connectivity index (χ1n) is 5.43. The zero-order valence-corrected chi connectivity index (χ0v) is 9.27. The molecular formula is C10H18N2O4. The molecule has 6 heteroatoms. The second-order valence-corrected chi connectivity index (χ2v) is 4.31. The Kier molecular flexibility index (Phi) is 4.54. The molecule has 16 heavy (non-hydrogen) atoms. The van der Waals surface area contributed by atoms with Crippen LogP contribution >= 0.6 is 0 Å². The summed E-state index contributed by atoms with van der Waals surface area (Å²) in [6, 6.07) is -1.65. The lowest BCUT2D eigenvalue weighted by atomic mass is 10.1. The summed E-state index contributed by atoms with van der Waals surface area (Å²) in [5.74, 6) is -0.643. The summed E-state index contributed by atoms with van der Waals surface area (Å²) < 4.78 is 0. The number of amides is 2. The molecular weight excluding hydrogens is 212 g/mol. The Morgan fingerprint density at radius 3 is 2.56 bits per heavy atom. The predicted molar refractivity (Wildman–Crippen MR) is 57.0 cm³/mol. The van der Waals surface area contributed by atoms with Crippen LogP contribution in [0.5, 0.6) is 0 Å². The van der Waals surface area contributed by atoms with Crippen LogP contribution in [0.2, 0.25) is 0 Å². The van der Waals surface area contributed by atoms with E-state index in [9.17, 15) is 9.59 Å². The van der Waals surface area contributed by atoms with Gasteiger partial charge in [-0.25, -0.2) is 9.59 Å². The molecule has 2 amide bonds. The lowest BCUT2D eigenvalue weighted by Crippen LogP contribution is -2.50. The van der Waals surface area contributed by atoms with Crippen LogP contribution < -0.4 is 10.6 Å². The van der Waals surface area contributed by atoms with Gasteiger partial charge in [-0.15, -0.1) is 0 Å². The van der Waals surface area contributed by atoms with Gasteiger partial charge < -0.3 is 20.8 Å². The minimum Gasteiger partial charge on any atom is -0.480 e. The third kappa shape index (κ3) is 3.69. The second kappa shape index (κ2) is 5.69. The zero-order chi connectivity index (χ0) is 12.1. The molecule has 0 aliphatic heterocycles. The number of carboxylic acid groups (broad SMARTS) is 1. The van der Waals surface area contributed by atoms with Crippen LogP contribution in [0.25, 0.3) is 0 Å². The predicted octanol–water partition coefficient (Wildman–Crippen LogP) is -0.0803. The molecule has 1 saturated carbocycles. The second-order valence-electron chi connectivity index (χ2n) is 4.31. The molecule has 1 rings (SSSR count). The molecule has 0 aromatic rings. The Bertz CT molecular complexity index is 270. The molecule has 0 spiro atoms. The first-order valence-corrected chi connectivity index (χ1v) is 5.43. The summed E-state index contributed by atoms with van der Waals surface area (Å²) in [5, 5.41) is 22.3. The topological polar surface area (TPSA) is 98.7 Å². The number of carbonyl (C=O) groups is 2. The van der Waals surface area contributed by atoms with Crippen LogP contribution in [0, 0.1) is 5.92 Å². The van der Waals surface area contributed by atoms with Crippen LogP contribution in [0.4, 0.5) is 4.79 Å². The molecule has 1 aliphatic rings. The molecule has 6 nitrogen and oxygen atoms in total. The number of aliphatic carboxylic acids is 1. The molecule has 0 bridgehead atoms. The van der Waals surface area contributed by atoms with Gasteiger partial charge in [0.2, 0.25) is 0 Å². The third-order valence-corrected chi connectivity index (χ3v) is 2.82. The number of urea groups is 1. The largest absolute Gasteiger partial charge is 0.480 e. The van der Waals surface area contributed by atoms with Crippen LogP contribution in [0.15, 0.2) is 0 Å². The molecule has 0 saturated heterocycles. The Morgan fingerprint density at radius 2 is 2.12 bits per heavy atom. The fraction of sp³-hybridized carbons (Fsp3) is 0.800. The van der Waals surface area contributed by atoms with Gasteiger partial charge in [0.15, 0.2) is 6.04 Å². The number of aliphatic hydroxyl groups is 1. The molecule has 0 aromatic carbocycles. The molecule has 92 valence electrons. The number of rotatable bonds is 4. The lowest BCUT2D eigenvalue weighted by molar-refractivity contribution is -0.140. The van der Waals surface area contributed by atoms with E-state index in [1.807, 2.05) is 0 Å². The van der Waals surface area contributed by atoms with Crippen molar-refractivity contribution in [3.05, 3.63) is 0 Å². The Morgan fingerprint density at radius 1 is 1.44 bits per heavy atom. The van der Waals surface area contributed by atoms with Crippen molar-refractivity contribution in [1.82, 2.24) is 10.6 Å². The maximum atomic E-state index is 11.4. The summed E-state index contributed by atoms with van der Waals surface area (Å²) in [4.78, 5) is 21.9. The van der Waals surface area contributed by atoms with E-state index in [4.69, 9.17) is 10.2 Å². The summed E-state index contributed by atoms with van der Waals surface area (Å²) in [6.45, 7) is 1.51. The van der Waals surface area contributed by atoms with Crippen molar-refractivity contribution in [3.63, 3.8) is 0 Å². The van der Waals surface area contributed by atoms with Crippen molar-refractivity contribution >= 4 is 12.0 Å². The van der Waals surface area contributed by atoms with E-state index in [0.717, 1.165) is 19.3 Å². The van der Waals surface area contributed by atoms with Gasteiger partial charge in [0, 0.05) is 6.04 Å². The quantitative estimate of drug-likeness (QED) is 0.543. The fourth-order valence-electron chi connectivity index (χ4n) is 1.91. The van der Waals surface area contributed by atoms with E-state index in [1.165, 1.54) is 0 Å². The number of hydrogen-bond donors (Lipinski definition) is 4. The van der Waals surface area contributed by atoms with Gasteiger partial charge in [-0.3, -0.25) is 0 Å².